The highest BCUT2D eigenvalue weighted by molar-refractivity contribution is 6.18. The quantitative estimate of drug-likeness (QED) is 0.618. The van der Waals surface area contributed by atoms with Crippen molar-refractivity contribution in [3.05, 3.63) is 0 Å². The molecule has 1 aliphatic rings. The molecule has 1 heterocycles. The highest BCUT2D eigenvalue weighted by Crippen LogP contribution is 2.23. The zero-order chi connectivity index (χ0) is 8.97. The van der Waals surface area contributed by atoms with Crippen LogP contribution in [0.4, 0.5) is 0 Å². The molecule has 72 valence electrons. The minimum atomic E-state index is 0.756. The SMILES string of the molecule is CC[C@@H]1CC[C@H](C)N(CCCl)C1. The van der Waals surface area contributed by atoms with Gasteiger partial charge in [0.25, 0.3) is 0 Å². The second-order valence-corrected chi connectivity index (χ2v) is 4.26. The summed E-state index contributed by atoms with van der Waals surface area (Å²) in [5.74, 6) is 1.70. The summed E-state index contributed by atoms with van der Waals surface area (Å²) in [5.41, 5.74) is 0. The van der Waals surface area contributed by atoms with Gasteiger partial charge in [-0.3, -0.25) is 4.90 Å². The molecule has 0 aromatic carbocycles. The average molecular weight is 190 g/mol. The Morgan fingerprint density at radius 2 is 2.17 bits per heavy atom. The normalized spacial score (nSPS) is 32.2. The van der Waals surface area contributed by atoms with Crippen molar-refractivity contribution in [2.75, 3.05) is 19.0 Å². The van der Waals surface area contributed by atoms with Gasteiger partial charge in [-0.25, -0.2) is 0 Å². The maximum Gasteiger partial charge on any atom is 0.0351 e. The number of rotatable bonds is 3. The van der Waals surface area contributed by atoms with E-state index in [1.807, 2.05) is 0 Å². The van der Waals surface area contributed by atoms with Gasteiger partial charge in [0.05, 0.1) is 0 Å². The summed E-state index contributed by atoms with van der Waals surface area (Å²) in [6.45, 7) is 6.95. The summed E-state index contributed by atoms with van der Waals surface area (Å²) in [5, 5.41) is 0. The van der Waals surface area contributed by atoms with E-state index in [0.29, 0.717) is 0 Å². The molecule has 0 bridgehead atoms. The molecule has 12 heavy (non-hydrogen) atoms. The average Bonchev–Trinajstić information content (AvgIpc) is 2.09. The van der Waals surface area contributed by atoms with Crippen LogP contribution in [0.3, 0.4) is 0 Å². The van der Waals surface area contributed by atoms with Crippen LogP contribution in [0.25, 0.3) is 0 Å². The molecule has 2 heteroatoms. The van der Waals surface area contributed by atoms with E-state index in [4.69, 9.17) is 11.6 Å². The van der Waals surface area contributed by atoms with Crippen molar-refractivity contribution in [3.63, 3.8) is 0 Å². The Bertz CT molecular complexity index is 127. The molecule has 1 saturated heterocycles. The van der Waals surface area contributed by atoms with Crippen molar-refractivity contribution in [3.8, 4) is 0 Å². The van der Waals surface area contributed by atoms with Crippen LogP contribution >= 0.6 is 11.6 Å². The van der Waals surface area contributed by atoms with Gasteiger partial charge in [0.15, 0.2) is 0 Å². The molecule has 1 fully saturated rings. The maximum absolute atomic E-state index is 5.75. The monoisotopic (exact) mass is 189 g/mol. The fourth-order valence-corrected chi connectivity index (χ4v) is 2.23. The predicted molar refractivity (Wildman–Crippen MR) is 54.8 cm³/mol. The van der Waals surface area contributed by atoms with Crippen LogP contribution in [-0.2, 0) is 0 Å². The molecule has 1 rings (SSSR count). The standard InChI is InChI=1S/C10H20ClN/c1-3-10-5-4-9(2)12(8-10)7-6-11/h9-10H,3-8H2,1-2H3/t9-,10+/m0/s1. The van der Waals surface area contributed by atoms with Crippen LogP contribution in [0.1, 0.15) is 33.1 Å². The van der Waals surface area contributed by atoms with Crippen molar-refractivity contribution < 1.29 is 0 Å². The first-order chi connectivity index (χ1) is 5.77. The Kier molecular flexibility index (Phi) is 4.38. The predicted octanol–water partition coefficient (Wildman–Crippen LogP) is 2.74. The van der Waals surface area contributed by atoms with E-state index in [0.717, 1.165) is 24.4 Å². The van der Waals surface area contributed by atoms with E-state index in [1.54, 1.807) is 0 Å². The molecule has 0 spiro atoms. The van der Waals surface area contributed by atoms with Gasteiger partial charge in [0.1, 0.15) is 0 Å². The summed E-state index contributed by atoms with van der Waals surface area (Å²) in [6.07, 6.45) is 4.09. The number of likely N-dealkylation sites (tertiary alicyclic amines) is 1. The second-order valence-electron chi connectivity index (χ2n) is 3.88. The van der Waals surface area contributed by atoms with Crippen molar-refractivity contribution >= 4 is 11.6 Å². The maximum atomic E-state index is 5.75. The molecule has 0 unspecified atom stereocenters. The zero-order valence-electron chi connectivity index (χ0n) is 8.22. The molecule has 0 amide bonds. The molecule has 0 aromatic heterocycles. The molecule has 0 aromatic rings. The molecular formula is C10H20ClN. The number of piperidine rings is 1. The van der Waals surface area contributed by atoms with Gasteiger partial charge in [-0.05, 0) is 25.7 Å². The lowest BCUT2D eigenvalue weighted by Crippen LogP contribution is -2.42. The summed E-state index contributed by atoms with van der Waals surface area (Å²) in [4.78, 5) is 2.53. The Balaban J connectivity index is 2.36. The Labute approximate surface area is 81.1 Å². The second kappa shape index (κ2) is 5.08. The van der Waals surface area contributed by atoms with E-state index >= 15 is 0 Å². The number of alkyl halides is 1. The highest BCUT2D eigenvalue weighted by Gasteiger charge is 2.23. The summed E-state index contributed by atoms with van der Waals surface area (Å²) in [6, 6.07) is 0.756. The minimum absolute atomic E-state index is 0.756. The van der Waals surface area contributed by atoms with Crippen molar-refractivity contribution in [1.82, 2.24) is 4.90 Å². The molecule has 0 N–H and O–H groups in total. The Morgan fingerprint density at radius 3 is 2.75 bits per heavy atom. The minimum Gasteiger partial charge on any atom is -0.299 e. The van der Waals surface area contributed by atoms with E-state index in [9.17, 15) is 0 Å². The lowest BCUT2D eigenvalue weighted by Gasteiger charge is -2.37. The number of halogens is 1. The molecule has 0 aliphatic carbocycles. The first-order valence-electron chi connectivity index (χ1n) is 5.08. The topological polar surface area (TPSA) is 3.24 Å². The van der Waals surface area contributed by atoms with Gasteiger partial charge in [0.2, 0.25) is 0 Å². The van der Waals surface area contributed by atoms with Crippen LogP contribution < -0.4 is 0 Å². The molecular weight excluding hydrogens is 170 g/mol. The zero-order valence-corrected chi connectivity index (χ0v) is 8.98. The van der Waals surface area contributed by atoms with Crippen molar-refractivity contribution in [1.29, 1.82) is 0 Å². The third kappa shape index (κ3) is 2.63. The van der Waals surface area contributed by atoms with Crippen LogP contribution in [0.15, 0.2) is 0 Å². The molecule has 1 aliphatic heterocycles. The third-order valence-electron chi connectivity index (χ3n) is 3.06. The van der Waals surface area contributed by atoms with Gasteiger partial charge < -0.3 is 0 Å². The van der Waals surface area contributed by atoms with Gasteiger partial charge in [0, 0.05) is 25.0 Å². The summed E-state index contributed by atoms with van der Waals surface area (Å²) >= 11 is 5.75. The van der Waals surface area contributed by atoms with Gasteiger partial charge in [-0.1, -0.05) is 13.3 Å². The van der Waals surface area contributed by atoms with Gasteiger partial charge in [-0.2, -0.15) is 0 Å². The van der Waals surface area contributed by atoms with Crippen molar-refractivity contribution in [2.24, 2.45) is 5.92 Å². The first kappa shape index (κ1) is 10.3. The van der Waals surface area contributed by atoms with Crippen LogP contribution in [-0.4, -0.2) is 29.9 Å². The largest absolute Gasteiger partial charge is 0.299 e. The van der Waals surface area contributed by atoms with Gasteiger partial charge in [-0.15, -0.1) is 11.6 Å². The fraction of sp³-hybridized carbons (Fsp3) is 1.00. The van der Waals surface area contributed by atoms with Crippen LogP contribution in [0, 0.1) is 5.92 Å². The van der Waals surface area contributed by atoms with E-state index < -0.39 is 0 Å². The smallest absolute Gasteiger partial charge is 0.0351 e. The Morgan fingerprint density at radius 1 is 1.42 bits per heavy atom. The van der Waals surface area contributed by atoms with E-state index in [1.165, 1.54) is 25.8 Å². The number of hydrogen-bond donors (Lipinski definition) is 0. The number of nitrogens with zero attached hydrogens (tertiary/aromatic N) is 1. The lowest BCUT2D eigenvalue weighted by atomic mass is 9.92. The lowest BCUT2D eigenvalue weighted by molar-refractivity contribution is 0.123. The van der Waals surface area contributed by atoms with Crippen LogP contribution in [0.5, 0.6) is 0 Å². The van der Waals surface area contributed by atoms with Crippen LogP contribution in [0.2, 0.25) is 0 Å². The van der Waals surface area contributed by atoms with E-state index in [-0.39, 0.29) is 0 Å². The Hall–Kier alpha value is 0.250. The third-order valence-corrected chi connectivity index (χ3v) is 3.23. The number of hydrogen-bond acceptors (Lipinski definition) is 1. The first-order valence-corrected chi connectivity index (χ1v) is 5.61. The highest BCUT2D eigenvalue weighted by atomic mass is 35.5. The molecule has 0 radical (unpaired) electrons. The summed E-state index contributed by atoms with van der Waals surface area (Å²) < 4.78 is 0. The molecule has 1 nitrogen and oxygen atoms in total. The molecule has 0 saturated carbocycles. The summed E-state index contributed by atoms with van der Waals surface area (Å²) in [7, 11) is 0. The van der Waals surface area contributed by atoms with E-state index in [2.05, 4.69) is 18.7 Å². The molecule has 2 atom stereocenters. The fourth-order valence-electron chi connectivity index (χ4n) is 2.02. The van der Waals surface area contributed by atoms with Gasteiger partial charge >= 0.3 is 0 Å². The van der Waals surface area contributed by atoms with Crippen molar-refractivity contribution in [2.45, 2.75) is 39.2 Å².